The Balaban J connectivity index is 1.73. The van der Waals surface area contributed by atoms with Crippen molar-refractivity contribution in [3.05, 3.63) is 149 Å². The molecule has 2 atom stereocenters. The first-order valence-electron chi connectivity index (χ1n) is 11.5. The summed E-state index contributed by atoms with van der Waals surface area (Å²) in [5, 5.41) is 9.33. The maximum absolute atomic E-state index is 9.33. The third-order valence-corrected chi connectivity index (χ3v) is 6.88. The van der Waals surface area contributed by atoms with Crippen molar-refractivity contribution in [3.8, 4) is 6.07 Å². The van der Waals surface area contributed by atoms with Gasteiger partial charge in [0.05, 0.1) is 11.6 Å². The van der Waals surface area contributed by atoms with E-state index in [0.29, 0.717) is 5.56 Å². The molecule has 0 heterocycles. The molecule has 0 amide bonds. The number of rotatable bonds is 4. The zero-order valence-electron chi connectivity index (χ0n) is 19.1. The van der Waals surface area contributed by atoms with E-state index in [4.69, 9.17) is 0 Å². The van der Waals surface area contributed by atoms with Gasteiger partial charge in [-0.3, -0.25) is 0 Å². The normalized spacial score (nSPS) is 17.4. The summed E-state index contributed by atoms with van der Waals surface area (Å²) >= 11 is 0. The summed E-state index contributed by atoms with van der Waals surface area (Å²) in [5.74, 6) is 0.417. The van der Waals surface area contributed by atoms with Crippen molar-refractivity contribution in [1.29, 1.82) is 5.26 Å². The number of benzene rings is 4. The van der Waals surface area contributed by atoms with Gasteiger partial charge in [0.2, 0.25) is 0 Å². The van der Waals surface area contributed by atoms with Crippen LogP contribution in [0.25, 0.3) is 5.57 Å². The average molecular weight is 426 g/mol. The Morgan fingerprint density at radius 2 is 1.27 bits per heavy atom. The molecule has 1 nitrogen and oxygen atoms in total. The molecule has 0 bridgehead atoms. The third kappa shape index (κ3) is 3.90. The molecule has 0 saturated heterocycles. The minimum absolute atomic E-state index is 0.0893. The fraction of sp³-hybridized carbons (Fsp3) is 0.156. The quantitative estimate of drug-likeness (QED) is 0.325. The molecular formula is C32H27N. The van der Waals surface area contributed by atoms with Crippen molar-refractivity contribution in [2.24, 2.45) is 5.41 Å². The van der Waals surface area contributed by atoms with E-state index in [0.717, 1.165) is 0 Å². The topological polar surface area (TPSA) is 23.8 Å². The van der Waals surface area contributed by atoms with Gasteiger partial charge in [0.1, 0.15) is 0 Å². The largest absolute Gasteiger partial charge is 0.192 e. The Bertz CT molecular complexity index is 1320. The summed E-state index contributed by atoms with van der Waals surface area (Å²) in [5.41, 5.74) is 8.39. The van der Waals surface area contributed by atoms with E-state index in [1.54, 1.807) is 0 Å². The Morgan fingerprint density at radius 1 is 0.697 bits per heavy atom. The molecule has 0 spiro atoms. The first-order chi connectivity index (χ1) is 16.1. The standard InChI is InChI=1S/C32H27N/c1-32(2)21-29(24-11-5-3-6-12-24)27-15-9-10-16-28(27)31(32)30(25-13-7-4-8-14-25)26-19-17-23(22-33)18-20-26/h3-21,30-31H,1-2H3/t30-,31?/m1/s1. The van der Waals surface area contributed by atoms with E-state index in [1.165, 1.54) is 33.4 Å². The van der Waals surface area contributed by atoms with Crippen molar-refractivity contribution < 1.29 is 0 Å². The van der Waals surface area contributed by atoms with Gasteiger partial charge in [0, 0.05) is 11.8 Å². The van der Waals surface area contributed by atoms with Crippen molar-refractivity contribution >= 4 is 5.57 Å². The number of nitriles is 1. The molecule has 0 radical (unpaired) electrons. The lowest BCUT2D eigenvalue weighted by molar-refractivity contribution is 0.338. The van der Waals surface area contributed by atoms with Gasteiger partial charge in [0.15, 0.2) is 0 Å². The second-order valence-corrected chi connectivity index (χ2v) is 9.43. The first kappa shape index (κ1) is 21.0. The molecule has 33 heavy (non-hydrogen) atoms. The Labute approximate surface area is 196 Å². The number of nitrogens with zero attached hydrogens (tertiary/aromatic N) is 1. The van der Waals surface area contributed by atoms with E-state index in [2.05, 4.69) is 123 Å². The summed E-state index contributed by atoms with van der Waals surface area (Å²) in [6, 6.07) is 40.8. The molecule has 0 fully saturated rings. The minimum atomic E-state index is -0.0893. The van der Waals surface area contributed by atoms with Crippen LogP contribution < -0.4 is 0 Å². The first-order valence-corrected chi connectivity index (χ1v) is 11.5. The summed E-state index contributed by atoms with van der Waals surface area (Å²) < 4.78 is 0. The Hall–Kier alpha value is -3.89. The van der Waals surface area contributed by atoms with Gasteiger partial charge in [-0.05, 0) is 50.9 Å². The van der Waals surface area contributed by atoms with Gasteiger partial charge in [-0.25, -0.2) is 0 Å². The van der Waals surface area contributed by atoms with Crippen LogP contribution in [0.4, 0.5) is 0 Å². The average Bonchev–Trinajstić information content (AvgIpc) is 2.87. The molecule has 0 saturated carbocycles. The number of fused-ring (bicyclic) bond motifs is 1. The molecule has 5 rings (SSSR count). The lowest BCUT2D eigenvalue weighted by atomic mass is 9.60. The Kier molecular flexibility index (Phi) is 5.45. The van der Waals surface area contributed by atoms with Crippen LogP contribution in [0.15, 0.2) is 115 Å². The van der Waals surface area contributed by atoms with E-state index < -0.39 is 0 Å². The molecule has 4 aromatic carbocycles. The van der Waals surface area contributed by atoms with Gasteiger partial charge in [-0.1, -0.05) is 117 Å². The van der Waals surface area contributed by atoms with Crippen LogP contribution in [0.3, 0.4) is 0 Å². The van der Waals surface area contributed by atoms with Gasteiger partial charge in [0.25, 0.3) is 0 Å². The molecule has 4 aromatic rings. The van der Waals surface area contributed by atoms with Crippen LogP contribution in [-0.2, 0) is 0 Å². The van der Waals surface area contributed by atoms with Gasteiger partial charge in [-0.15, -0.1) is 0 Å². The monoisotopic (exact) mass is 425 g/mol. The van der Waals surface area contributed by atoms with E-state index in [1.807, 2.05) is 12.1 Å². The van der Waals surface area contributed by atoms with Crippen molar-refractivity contribution in [2.45, 2.75) is 25.7 Å². The molecule has 160 valence electrons. The maximum atomic E-state index is 9.33. The van der Waals surface area contributed by atoms with E-state index in [9.17, 15) is 5.26 Å². The minimum Gasteiger partial charge on any atom is -0.192 e. The van der Waals surface area contributed by atoms with Crippen molar-refractivity contribution in [3.63, 3.8) is 0 Å². The molecule has 1 heteroatoms. The summed E-state index contributed by atoms with van der Waals surface area (Å²) in [6.45, 7) is 4.71. The van der Waals surface area contributed by atoms with Crippen LogP contribution in [0, 0.1) is 16.7 Å². The molecule has 1 unspecified atom stereocenters. The van der Waals surface area contributed by atoms with Crippen molar-refractivity contribution in [1.82, 2.24) is 0 Å². The zero-order valence-corrected chi connectivity index (χ0v) is 19.1. The number of hydrogen-bond acceptors (Lipinski definition) is 1. The fourth-order valence-corrected chi connectivity index (χ4v) is 5.42. The number of hydrogen-bond donors (Lipinski definition) is 0. The second-order valence-electron chi connectivity index (χ2n) is 9.43. The SMILES string of the molecule is CC1(C)C=C(c2ccccc2)c2ccccc2C1[C@H](c1ccccc1)c1ccc(C#N)cc1. The molecule has 1 aliphatic carbocycles. The van der Waals surface area contributed by atoms with Crippen LogP contribution in [0.1, 0.15) is 59.1 Å². The summed E-state index contributed by atoms with van der Waals surface area (Å²) in [6.07, 6.45) is 2.47. The molecule has 0 aromatic heterocycles. The molecular weight excluding hydrogens is 398 g/mol. The van der Waals surface area contributed by atoms with Crippen LogP contribution in [0.5, 0.6) is 0 Å². The summed E-state index contributed by atoms with van der Waals surface area (Å²) in [4.78, 5) is 0. The summed E-state index contributed by atoms with van der Waals surface area (Å²) in [7, 11) is 0. The van der Waals surface area contributed by atoms with Crippen LogP contribution in [0.2, 0.25) is 0 Å². The van der Waals surface area contributed by atoms with Gasteiger partial charge < -0.3 is 0 Å². The Morgan fingerprint density at radius 3 is 1.94 bits per heavy atom. The van der Waals surface area contributed by atoms with Crippen LogP contribution >= 0.6 is 0 Å². The highest BCUT2D eigenvalue weighted by atomic mass is 14.4. The lowest BCUT2D eigenvalue weighted by Gasteiger charge is -2.43. The highest BCUT2D eigenvalue weighted by Crippen LogP contribution is 2.55. The zero-order chi connectivity index (χ0) is 22.8. The third-order valence-electron chi connectivity index (χ3n) is 6.88. The predicted molar refractivity (Wildman–Crippen MR) is 136 cm³/mol. The van der Waals surface area contributed by atoms with Gasteiger partial charge >= 0.3 is 0 Å². The second kappa shape index (κ2) is 8.57. The maximum Gasteiger partial charge on any atom is 0.0991 e. The van der Waals surface area contributed by atoms with Crippen molar-refractivity contribution in [2.75, 3.05) is 0 Å². The van der Waals surface area contributed by atoms with E-state index in [-0.39, 0.29) is 17.3 Å². The predicted octanol–water partition coefficient (Wildman–Crippen LogP) is 7.95. The highest BCUT2D eigenvalue weighted by Gasteiger charge is 2.41. The highest BCUT2D eigenvalue weighted by molar-refractivity contribution is 5.84. The fourth-order valence-electron chi connectivity index (χ4n) is 5.42. The lowest BCUT2D eigenvalue weighted by Crippen LogP contribution is -2.31. The molecule has 1 aliphatic rings. The van der Waals surface area contributed by atoms with Crippen LogP contribution in [-0.4, -0.2) is 0 Å². The van der Waals surface area contributed by atoms with Gasteiger partial charge in [-0.2, -0.15) is 5.26 Å². The molecule has 0 N–H and O–H groups in total. The smallest absolute Gasteiger partial charge is 0.0991 e. The molecule has 0 aliphatic heterocycles. The number of allylic oxidation sites excluding steroid dienone is 1. The van der Waals surface area contributed by atoms with E-state index >= 15 is 0 Å².